The molecule has 0 aromatic carbocycles. The standard InChI is InChI=1S/C7H6ClNO2/c1-5-2-3-9-4-6(5)11-7(8)10/h2-4H,1H3. The topological polar surface area (TPSA) is 39.2 Å². The van der Waals surface area contributed by atoms with E-state index in [4.69, 9.17) is 11.6 Å². The Labute approximate surface area is 69.0 Å². The number of halogens is 1. The van der Waals surface area contributed by atoms with Crippen molar-refractivity contribution in [2.45, 2.75) is 6.92 Å². The Morgan fingerprint density at radius 1 is 1.73 bits per heavy atom. The highest BCUT2D eigenvalue weighted by molar-refractivity contribution is 6.61. The third-order valence-corrected chi connectivity index (χ3v) is 1.26. The maximum Gasteiger partial charge on any atom is 0.409 e. The Balaban J connectivity index is 2.86. The zero-order chi connectivity index (χ0) is 8.27. The molecule has 0 unspecified atom stereocenters. The first kappa shape index (κ1) is 8.01. The molecule has 0 saturated carbocycles. The molecule has 0 aliphatic heterocycles. The Morgan fingerprint density at radius 2 is 2.45 bits per heavy atom. The van der Waals surface area contributed by atoms with Gasteiger partial charge in [-0.15, -0.1) is 0 Å². The number of hydrogen-bond donors (Lipinski definition) is 0. The number of rotatable bonds is 1. The SMILES string of the molecule is Cc1ccncc1OC(=O)Cl. The first-order valence-electron chi connectivity index (χ1n) is 2.98. The predicted octanol–water partition coefficient (Wildman–Crippen LogP) is 2.13. The number of aromatic nitrogens is 1. The van der Waals surface area contributed by atoms with Gasteiger partial charge in [0.1, 0.15) is 0 Å². The minimum Gasteiger partial charge on any atom is -0.413 e. The normalized spacial score (nSPS) is 9.27. The van der Waals surface area contributed by atoms with Crippen LogP contribution in [0.2, 0.25) is 0 Å². The van der Waals surface area contributed by atoms with Gasteiger partial charge in [0.15, 0.2) is 5.75 Å². The Kier molecular flexibility index (Phi) is 2.44. The molecule has 0 saturated heterocycles. The number of pyridine rings is 1. The molecule has 0 spiro atoms. The molecule has 11 heavy (non-hydrogen) atoms. The molecule has 1 aromatic rings. The molecule has 4 heteroatoms. The van der Waals surface area contributed by atoms with Gasteiger partial charge >= 0.3 is 5.43 Å². The molecule has 0 radical (unpaired) electrons. The Morgan fingerprint density at radius 3 is 3.00 bits per heavy atom. The van der Waals surface area contributed by atoms with E-state index < -0.39 is 5.43 Å². The van der Waals surface area contributed by atoms with Gasteiger partial charge in [-0.2, -0.15) is 0 Å². The number of nitrogens with zero attached hydrogens (tertiary/aromatic N) is 1. The summed E-state index contributed by atoms with van der Waals surface area (Å²) >= 11 is 5.00. The molecule has 3 nitrogen and oxygen atoms in total. The number of carbonyl (C=O) groups excluding carboxylic acids is 1. The van der Waals surface area contributed by atoms with Gasteiger partial charge in [-0.05, 0) is 18.6 Å². The maximum absolute atomic E-state index is 10.3. The van der Waals surface area contributed by atoms with Crippen LogP contribution in [-0.4, -0.2) is 10.4 Å². The number of aryl methyl sites for hydroxylation is 1. The van der Waals surface area contributed by atoms with Crippen LogP contribution < -0.4 is 4.74 Å². The summed E-state index contributed by atoms with van der Waals surface area (Å²) in [5.74, 6) is 0.396. The van der Waals surface area contributed by atoms with Crippen molar-refractivity contribution in [3.05, 3.63) is 24.0 Å². The van der Waals surface area contributed by atoms with E-state index in [9.17, 15) is 4.79 Å². The van der Waals surface area contributed by atoms with Crippen LogP contribution in [0.4, 0.5) is 4.79 Å². The monoisotopic (exact) mass is 171 g/mol. The second-order valence-corrected chi connectivity index (χ2v) is 2.29. The van der Waals surface area contributed by atoms with E-state index in [1.54, 1.807) is 19.2 Å². The second kappa shape index (κ2) is 3.34. The van der Waals surface area contributed by atoms with Gasteiger partial charge in [0.2, 0.25) is 0 Å². The van der Waals surface area contributed by atoms with Crippen molar-refractivity contribution in [2.75, 3.05) is 0 Å². The summed E-state index contributed by atoms with van der Waals surface area (Å²) in [6.07, 6.45) is 3.05. The smallest absolute Gasteiger partial charge is 0.409 e. The van der Waals surface area contributed by atoms with Gasteiger partial charge < -0.3 is 4.74 Å². The van der Waals surface area contributed by atoms with E-state index in [-0.39, 0.29) is 0 Å². The van der Waals surface area contributed by atoms with Crippen molar-refractivity contribution in [2.24, 2.45) is 0 Å². The molecule has 58 valence electrons. The van der Waals surface area contributed by atoms with Crippen LogP contribution in [0.5, 0.6) is 5.75 Å². The van der Waals surface area contributed by atoms with Crippen molar-refractivity contribution in [3.63, 3.8) is 0 Å². The molecule has 0 amide bonds. The highest BCUT2D eigenvalue weighted by Crippen LogP contribution is 2.15. The first-order chi connectivity index (χ1) is 5.20. The van der Waals surface area contributed by atoms with Crippen LogP contribution in [-0.2, 0) is 0 Å². The summed E-state index contributed by atoms with van der Waals surface area (Å²) in [6, 6.07) is 1.73. The van der Waals surface area contributed by atoms with Crippen molar-refractivity contribution in [1.82, 2.24) is 4.98 Å². The summed E-state index contributed by atoms with van der Waals surface area (Å²) in [6.45, 7) is 1.80. The highest BCUT2D eigenvalue weighted by atomic mass is 35.5. The van der Waals surface area contributed by atoms with E-state index in [0.29, 0.717) is 5.75 Å². The molecule has 0 bridgehead atoms. The van der Waals surface area contributed by atoms with Crippen LogP contribution in [0.25, 0.3) is 0 Å². The molecular weight excluding hydrogens is 166 g/mol. The molecule has 0 aliphatic rings. The number of hydrogen-bond acceptors (Lipinski definition) is 3. The first-order valence-corrected chi connectivity index (χ1v) is 3.36. The summed E-state index contributed by atoms with van der Waals surface area (Å²) < 4.78 is 4.61. The van der Waals surface area contributed by atoms with Gasteiger partial charge in [-0.3, -0.25) is 4.98 Å². The van der Waals surface area contributed by atoms with E-state index in [1.165, 1.54) is 6.20 Å². The molecule has 1 rings (SSSR count). The fraction of sp³-hybridized carbons (Fsp3) is 0.143. The van der Waals surface area contributed by atoms with Gasteiger partial charge in [-0.1, -0.05) is 0 Å². The van der Waals surface area contributed by atoms with Crippen molar-refractivity contribution < 1.29 is 9.53 Å². The molecule has 0 atom stereocenters. The van der Waals surface area contributed by atoms with Gasteiger partial charge in [0.25, 0.3) is 0 Å². The average Bonchev–Trinajstić information content (AvgIpc) is 1.93. The molecular formula is C7H6ClNO2. The number of ether oxygens (including phenoxy) is 1. The fourth-order valence-electron chi connectivity index (χ4n) is 0.643. The van der Waals surface area contributed by atoms with Gasteiger partial charge in [0, 0.05) is 17.8 Å². The average molecular weight is 172 g/mol. The van der Waals surface area contributed by atoms with E-state index in [0.717, 1.165) is 5.56 Å². The van der Waals surface area contributed by atoms with Crippen LogP contribution in [0.15, 0.2) is 18.5 Å². The minimum atomic E-state index is -0.846. The predicted molar refractivity (Wildman–Crippen MR) is 40.9 cm³/mol. The lowest BCUT2D eigenvalue weighted by Gasteiger charge is -2.00. The van der Waals surface area contributed by atoms with Crippen LogP contribution >= 0.6 is 11.6 Å². The minimum absolute atomic E-state index is 0.396. The summed E-state index contributed by atoms with van der Waals surface area (Å²) in [7, 11) is 0. The summed E-state index contributed by atoms with van der Waals surface area (Å²) in [5.41, 5.74) is -0.0184. The lowest BCUT2D eigenvalue weighted by atomic mass is 10.3. The molecule has 0 fully saturated rings. The van der Waals surface area contributed by atoms with Crippen molar-refractivity contribution >= 4 is 17.0 Å². The summed E-state index contributed by atoms with van der Waals surface area (Å²) in [5, 5.41) is 0. The second-order valence-electron chi connectivity index (χ2n) is 1.98. The van der Waals surface area contributed by atoms with E-state index in [1.807, 2.05) is 0 Å². The van der Waals surface area contributed by atoms with Crippen LogP contribution in [0.1, 0.15) is 5.56 Å². The molecule has 1 heterocycles. The van der Waals surface area contributed by atoms with E-state index >= 15 is 0 Å². The third-order valence-electron chi connectivity index (χ3n) is 1.18. The lowest BCUT2D eigenvalue weighted by Crippen LogP contribution is -1.97. The molecule has 0 aliphatic carbocycles. The maximum atomic E-state index is 10.3. The van der Waals surface area contributed by atoms with Crippen molar-refractivity contribution in [3.8, 4) is 5.75 Å². The van der Waals surface area contributed by atoms with Gasteiger partial charge in [0.05, 0.1) is 6.20 Å². The third kappa shape index (κ3) is 2.20. The zero-order valence-electron chi connectivity index (χ0n) is 5.87. The molecule has 0 N–H and O–H groups in total. The molecule has 1 aromatic heterocycles. The fourth-order valence-corrected chi connectivity index (χ4v) is 0.726. The highest BCUT2D eigenvalue weighted by Gasteiger charge is 2.01. The van der Waals surface area contributed by atoms with Gasteiger partial charge in [-0.25, -0.2) is 4.79 Å². The Hall–Kier alpha value is -1.09. The Bertz CT molecular complexity index is 275. The van der Waals surface area contributed by atoms with Crippen LogP contribution in [0.3, 0.4) is 0 Å². The number of carbonyl (C=O) groups is 1. The van der Waals surface area contributed by atoms with E-state index in [2.05, 4.69) is 9.72 Å². The summed E-state index contributed by atoms with van der Waals surface area (Å²) in [4.78, 5) is 14.0. The lowest BCUT2D eigenvalue weighted by molar-refractivity contribution is 0.225. The largest absolute Gasteiger partial charge is 0.413 e. The quantitative estimate of drug-likeness (QED) is 0.608. The zero-order valence-corrected chi connectivity index (χ0v) is 6.63. The van der Waals surface area contributed by atoms with Crippen LogP contribution in [0, 0.1) is 6.92 Å². The van der Waals surface area contributed by atoms with Crippen molar-refractivity contribution in [1.29, 1.82) is 0 Å².